The molecule has 0 aromatic carbocycles. The second-order valence-electron chi connectivity index (χ2n) is 7.57. The van der Waals surface area contributed by atoms with Crippen LogP contribution in [0.1, 0.15) is 41.0 Å². The molecule has 0 bridgehead atoms. The zero-order chi connectivity index (χ0) is 18.0. The van der Waals surface area contributed by atoms with Gasteiger partial charge in [-0.15, -0.1) is 0 Å². The van der Waals surface area contributed by atoms with E-state index in [1.807, 2.05) is 6.92 Å². The van der Waals surface area contributed by atoms with Crippen LogP contribution in [-0.2, 0) is 18.7 Å². The van der Waals surface area contributed by atoms with E-state index in [4.69, 9.17) is 19.0 Å². The summed E-state index contributed by atoms with van der Waals surface area (Å²) >= 11 is 0. The maximum absolute atomic E-state index is 11.4. The van der Waals surface area contributed by atoms with Crippen molar-refractivity contribution in [2.45, 2.75) is 77.5 Å². The summed E-state index contributed by atoms with van der Waals surface area (Å²) < 4.78 is 16.5. The molecule has 23 heavy (non-hydrogen) atoms. The minimum absolute atomic E-state index is 0.0866. The Hall–Kier alpha value is -1.34. The molecule has 1 aliphatic rings. The molecule has 1 heterocycles. The van der Waals surface area contributed by atoms with Crippen LogP contribution in [0.3, 0.4) is 0 Å². The Morgan fingerprint density at radius 1 is 1.39 bits per heavy atom. The Balaban J connectivity index is 2.76. The molecule has 0 saturated carbocycles. The molecule has 6 nitrogen and oxygen atoms in total. The van der Waals surface area contributed by atoms with Crippen LogP contribution in [0.2, 0.25) is 18.1 Å². The van der Waals surface area contributed by atoms with Gasteiger partial charge in [0, 0.05) is 18.1 Å². The van der Waals surface area contributed by atoms with E-state index in [2.05, 4.69) is 33.9 Å². The molecule has 1 unspecified atom stereocenters. The van der Waals surface area contributed by atoms with Crippen LogP contribution in [0, 0.1) is 0 Å². The van der Waals surface area contributed by atoms with Crippen molar-refractivity contribution in [3.8, 4) is 0 Å². The molecular weight excluding hydrogens is 316 g/mol. The first-order valence-corrected chi connectivity index (χ1v) is 10.7. The summed E-state index contributed by atoms with van der Waals surface area (Å²) in [5, 5.41) is 9.04. The van der Waals surface area contributed by atoms with Crippen LogP contribution in [0.15, 0.2) is 11.6 Å². The summed E-state index contributed by atoms with van der Waals surface area (Å²) in [6, 6.07) is 0. The van der Waals surface area contributed by atoms with Crippen molar-refractivity contribution in [1.82, 2.24) is 0 Å². The van der Waals surface area contributed by atoms with E-state index in [0.717, 1.165) is 0 Å². The number of carboxylic acid groups (broad SMARTS) is 1. The quantitative estimate of drug-likeness (QED) is 0.449. The van der Waals surface area contributed by atoms with Crippen LogP contribution in [0.4, 0.5) is 4.79 Å². The van der Waals surface area contributed by atoms with E-state index in [1.54, 1.807) is 0 Å². The lowest BCUT2D eigenvalue weighted by Gasteiger charge is -2.38. The molecule has 3 atom stereocenters. The standard InChI is InChI=1S/C16H28O6Si/c1-10(14(17)18)8-12-13(21-15(19)20-12)9-11(2)22-23(6,7)16(3,4)5/h8,11-13H,9H2,1-7H3,(H,17,18)/t11?,12-,13-/m0/s1. The molecule has 0 aromatic rings. The Morgan fingerprint density at radius 2 is 1.96 bits per heavy atom. The number of carbonyl (C=O) groups is 2. The van der Waals surface area contributed by atoms with E-state index in [0.29, 0.717) is 6.42 Å². The highest BCUT2D eigenvalue weighted by Crippen LogP contribution is 2.38. The van der Waals surface area contributed by atoms with Crippen LogP contribution in [0.25, 0.3) is 0 Å². The first-order chi connectivity index (χ1) is 10.3. The molecule has 0 aliphatic carbocycles. The summed E-state index contributed by atoms with van der Waals surface area (Å²) in [7, 11) is -1.92. The summed E-state index contributed by atoms with van der Waals surface area (Å²) in [6.45, 7) is 14.2. The van der Waals surface area contributed by atoms with Crippen molar-refractivity contribution < 1.29 is 28.6 Å². The van der Waals surface area contributed by atoms with Gasteiger partial charge < -0.3 is 19.0 Å². The van der Waals surface area contributed by atoms with Gasteiger partial charge in [-0.1, -0.05) is 20.8 Å². The Kier molecular flexibility index (Phi) is 6.04. The van der Waals surface area contributed by atoms with Crippen molar-refractivity contribution in [2.24, 2.45) is 0 Å². The van der Waals surface area contributed by atoms with Crippen molar-refractivity contribution in [1.29, 1.82) is 0 Å². The highest BCUT2D eigenvalue weighted by Gasteiger charge is 2.41. The maximum Gasteiger partial charge on any atom is 0.509 e. The molecule has 1 fully saturated rings. The highest BCUT2D eigenvalue weighted by atomic mass is 28.4. The molecule has 0 spiro atoms. The van der Waals surface area contributed by atoms with Gasteiger partial charge in [0.1, 0.15) is 6.10 Å². The number of ether oxygens (including phenoxy) is 2. The molecule has 1 saturated heterocycles. The fourth-order valence-electron chi connectivity index (χ4n) is 2.10. The second kappa shape index (κ2) is 7.05. The Morgan fingerprint density at radius 3 is 2.43 bits per heavy atom. The van der Waals surface area contributed by atoms with Gasteiger partial charge in [0.15, 0.2) is 14.4 Å². The molecule has 132 valence electrons. The fraction of sp³-hybridized carbons (Fsp3) is 0.750. The van der Waals surface area contributed by atoms with Crippen molar-refractivity contribution in [3.63, 3.8) is 0 Å². The third-order valence-corrected chi connectivity index (χ3v) is 9.07. The zero-order valence-electron chi connectivity index (χ0n) is 15.0. The third kappa shape index (κ3) is 5.35. The largest absolute Gasteiger partial charge is 0.509 e. The van der Waals surface area contributed by atoms with Crippen molar-refractivity contribution >= 4 is 20.4 Å². The topological polar surface area (TPSA) is 82.1 Å². The Bertz CT molecular complexity index is 491. The first kappa shape index (κ1) is 19.7. The number of hydrogen-bond donors (Lipinski definition) is 1. The van der Waals surface area contributed by atoms with Gasteiger partial charge in [0.2, 0.25) is 0 Å². The minimum Gasteiger partial charge on any atom is -0.478 e. The smallest absolute Gasteiger partial charge is 0.478 e. The van der Waals surface area contributed by atoms with Gasteiger partial charge >= 0.3 is 12.1 Å². The molecule has 1 rings (SSSR count). The number of hydrogen-bond acceptors (Lipinski definition) is 5. The van der Waals surface area contributed by atoms with Gasteiger partial charge in [0.25, 0.3) is 0 Å². The van der Waals surface area contributed by atoms with Gasteiger partial charge in [-0.3, -0.25) is 0 Å². The van der Waals surface area contributed by atoms with Crippen LogP contribution < -0.4 is 0 Å². The van der Waals surface area contributed by atoms with Gasteiger partial charge in [0.05, 0.1) is 0 Å². The summed E-state index contributed by atoms with van der Waals surface area (Å²) in [6.07, 6.45) is -0.227. The average Bonchev–Trinajstić information content (AvgIpc) is 2.66. The monoisotopic (exact) mass is 344 g/mol. The van der Waals surface area contributed by atoms with Gasteiger partial charge in [-0.2, -0.15) is 0 Å². The molecule has 0 amide bonds. The molecule has 1 N–H and O–H groups in total. The number of carbonyl (C=O) groups excluding carboxylic acids is 1. The average molecular weight is 344 g/mol. The van der Waals surface area contributed by atoms with Crippen molar-refractivity contribution in [3.05, 3.63) is 11.6 Å². The maximum atomic E-state index is 11.4. The fourth-order valence-corrected chi connectivity index (χ4v) is 3.56. The SMILES string of the molecule is CC(=C[C@@H]1OC(=O)O[C@H]1CC(C)O[Si](C)(C)C(C)(C)C)C(=O)O. The third-order valence-electron chi connectivity index (χ3n) is 4.46. The van der Waals surface area contributed by atoms with E-state index < -0.39 is 32.6 Å². The zero-order valence-corrected chi connectivity index (χ0v) is 16.0. The van der Waals surface area contributed by atoms with Gasteiger partial charge in [-0.05, 0) is 38.1 Å². The van der Waals surface area contributed by atoms with Crippen LogP contribution in [-0.4, -0.2) is 43.9 Å². The second-order valence-corrected chi connectivity index (χ2v) is 12.3. The Labute approximate surface area is 138 Å². The lowest BCUT2D eigenvalue weighted by molar-refractivity contribution is -0.132. The summed E-state index contributed by atoms with van der Waals surface area (Å²) in [4.78, 5) is 22.3. The molecular formula is C16H28O6Si. The lowest BCUT2D eigenvalue weighted by atomic mass is 10.1. The van der Waals surface area contributed by atoms with E-state index in [-0.39, 0.29) is 16.7 Å². The minimum atomic E-state index is -1.92. The lowest BCUT2D eigenvalue weighted by Crippen LogP contribution is -2.44. The van der Waals surface area contributed by atoms with Crippen LogP contribution >= 0.6 is 0 Å². The van der Waals surface area contributed by atoms with Crippen molar-refractivity contribution in [2.75, 3.05) is 0 Å². The van der Waals surface area contributed by atoms with Gasteiger partial charge in [-0.25, -0.2) is 9.59 Å². The predicted octanol–water partition coefficient (Wildman–Crippen LogP) is 3.72. The number of aliphatic carboxylic acids is 1. The molecule has 7 heteroatoms. The highest BCUT2D eigenvalue weighted by molar-refractivity contribution is 6.74. The normalized spacial score (nSPS) is 24.1. The van der Waals surface area contributed by atoms with E-state index in [1.165, 1.54) is 13.0 Å². The molecule has 1 aliphatic heterocycles. The van der Waals surface area contributed by atoms with Crippen LogP contribution in [0.5, 0.6) is 0 Å². The number of carboxylic acids is 1. The van der Waals surface area contributed by atoms with E-state index in [9.17, 15) is 9.59 Å². The number of cyclic esters (lactones) is 2. The molecule has 0 radical (unpaired) electrons. The predicted molar refractivity (Wildman–Crippen MR) is 88.9 cm³/mol. The molecule has 0 aromatic heterocycles. The summed E-state index contributed by atoms with van der Waals surface area (Å²) in [5.74, 6) is -1.04. The summed E-state index contributed by atoms with van der Waals surface area (Å²) in [5.41, 5.74) is 0.122. The van der Waals surface area contributed by atoms with E-state index >= 15 is 0 Å². The number of rotatable bonds is 6. The first-order valence-electron chi connectivity index (χ1n) is 7.80.